The van der Waals surface area contributed by atoms with Crippen LogP contribution in [-0.4, -0.2) is 50.6 Å². The minimum absolute atomic E-state index is 0.0808. The number of rotatable bonds is 6. The molecule has 1 N–H and O–H groups in total. The smallest absolute Gasteiger partial charge is 0.468 e. The van der Waals surface area contributed by atoms with Gasteiger partial charge in [0, 0.05) is 28.6 Å². The third kappa shape index (κ3) is 5.65. The normalized spacial score (nSPS) is 18.5. The zero-order valence-electron chi connectivity index (χ0n) is 17.8. The number of carbonyl (C=O) groups is 3. The fourth-order valence-corrected chi connectivity index (χ4v) is 3.46. The largest absolute Gasteiger partial charge is 0.471 e. The lowest BCUT2D eigenvalue weighted by Gasteiger charge is -2.32. The van der Waals surface area contributed by atoms with E-state index in [2.05, 4.69) is 9.73 Å². The summed E-state index contributed by atoms with van der Waals surface area (Å²) in [6.45, 7) is -0.519. The molecule has 1 aromatic rings. The standard InChI is InChI=1S/C20H19F5N2O6/c1-8-13(16(28)31-3)15(14(9(2)26-8)17(29)32-4)11-7-10(27-18(30)20(23,24)25)5-6-12(11)33-19(21)22/h5-7,13,15,19H,1-4H3,(H,27,30). The lowest BCUT2D eigenvalue weighted by Crippen LogP contribution is -2.36. The second-order valence-corrected chi connectivity index (χ2v) is 6.81. The van der Waals surface area contributed by atoms with E-state index >= 15 is 0 Å². The first kappa shape index (κ1) is 25.7. The summed E-state index contributed by atoms with van der Waals surface area (Å²) >= 11 is 0. The molecule has 1 amide bonds. The number of halogens is 5. The topological polar surface area (TPSA) is 103 Å². The van der Waals surface area contributed by atoms with Crippen molar-refractivity contribution >= 4 is 29.2 Å². The highest BCUT2D eigenvalue weighted by molar-refractivity contribution is 6.07. The van der Waals surface area contributed by atoms with Crippen molar-refractivity contribution < 1.29 is 50.5 Å². The number of alkyl halides is 5. The van der Waals surface area contributed by atoms with Crippen LogP contribution < -0.4 is 10.1 Å². The molecule has 0 radical (unpaired) electrons. The Balaban J connectivity index is 2.78. The molecule has 1 aliphatic heterocycles. The number of benzene rings is 1. The number of allylic oxidation sites excluding steroid dienone is 1. The van der Waals surface area contributed by atoms with Crippen molar-refractivity contribution in [1.82, 2.24) is 0 Å². The Hall–Kier alpha value is -3.51. The maximum absolute atomic E-state index is 13.1. The minimum atomic E-state index is -5.23. The van der Waals surface area contributed by atoms with Crippen LogP contribution in [0.1, 0.15) is 25.3 Å². The van der Waals surface area contributed by atoms with Gasteiger partial charge in [-0.25, -0.2) is 4.79 Å². The van der Waals surface area contributed by atoms with Gasteiger partial charge in [0.15, 0.2) is 0 Å². The summed E-state index contributed by atoms with van der Waals surface area (Å²) in [6.07, 6.45) is -5.23. The first-order valence-corrected chi connectivity index (χ1v) is 9.20. The van der Waals surface area contributed by atoms with Gasteiger partial charge in [-0.1, -0.05) is 0 Å². The van der Waals surface area contributed by atoms with E-state index in [1.807, 2.05) is 0 Å². The molecule has 1 heterocycles. The summed E-state index contributed by atoms with van der Waals surface area (Å²) in [7, 11) is 2.08. The number of carbonyl (C=O) groups excluding carboxylic acids is 3. The molecule has 2 atom stereocenters. The van der Waals surface area contributed by atoms with E-state index in [1.54, 1.807) is 5.32 Å². The van der Waals surface area contributed by atoms with Crippen molar-refractivity contribution in [2.24, 2.45) is 10.9 Å². The van der Waals surface area contributed by atoms with Gasteiger partial charge in [-0.15, -0.1) is 0 Å². The molecular formula is C20H19F5N2O6. The van der Waals surface area contributed by atoms with Gasteiger partial charge in [0.1, 0.15) is 11.7 Å². The molecule has 0 aliphatic carbocycles. The number of hydrogen-bond donors (Lipinski definition) is 1. The Labute approximate surface area is 184 Å². The molecule has 1 aromatic carbocycles. The van der Waals surface area contributed by atoms with Gasteiger partial charge in [-0.2, -0.15) is 22.0 Å². The number of anilines is 1. The molecule has 0 saturated heterocycles. The second-order valence-electron chi connectivity index (χ2n) is 6.81. The van der Waals surface area contributed by atoms with Gasteiger partial charge in [0.05, 0.1) is 19.8 Å². The predicted octanol–water partition coefficient (Wildman–Crippen LogP) is 3.58. The molecule has 2 unspecified atom stereocenters. The molecule has 33 heavy (non-hydrogen) atoms. The van der Waals surface area contributed by atoms with Crippen LogP contribution in [0, 0.1) is 5.92 Å². The van der Waals surface area contributed by atoms with Crippen molar-refractivity contribution in [3.05, 3.63) is 35.0 Å². The SMILES string of the molecule is COC(=O)C1=C(C)N=C(C)C(C(=O)OC)C1c1cc(NC(=O)C(F)(F)F)ccc1OC(F)F. The molecule has 13 heteroatoms. The van der Waals surface area contributed by atoms with E-state index in [4.69, 9.17) is 9.47 Å². The van der Waals surface area contributed by atoms with Gasteiger partial charge in [-0.3, -0.25) is 14.6 Å². The average molecular weight is 478 g/mol. The average Bonchev–Trinajstić information content (AvgIpc) is 2.72. The Bertz CT molecular complexity index is 1020. The van der Waals surface area contributed by atoms with E-state index in [0.717, 1.165) is 32.4 Å². The van der Waals surface area contributed by atoms with Crippen LogP contribution in [0.3, 0.4) is 0 Å². The fraction of sp³-hybridized carbons (Fsp3) is 0.400. The van der Waals surface area contributed by atoms with Crippen LogP contribution in [0.15, 0.2) is 34.5 Å². The molecular weight excluding hydrogens is 459 g/mol. The van der Waals surface area contributed by atoms with E-state index in [-0.39, 0.29) is 22.5 Å². The summed E-state index contributed by atoms with van der Waals surface area (Å²) in [5, 5.41) is 1.59. The van der Waals surface area contributed by atoms with Crippen molar-refractivity contribution in [2.45, 2.75) is 32.6 Å². The predicted molar refractivity (Wildman–Crippen MR) is 104 cm³/mol. The molecule has 0 bridgehead atoms. The van der Waals surface area contributed by atoms with Crippen LogP contribution in [0.5, 0.6) is 5.75 Å². The van der Waals surface area contributed by atoms with Gasteiger partial charge in [-0.05, 0) is 32.0 Å². The molecule has 180 valence electrons. The molecule has 1 aliphatic rings. The second kappa shape index (κ2) is 9.96. The minimum Gasteiger partial charge on any atom is -0.468 e. The Morgan fingerprint density at radius 1 is 1.09 bits per heavy atom. The van der Waals surface area contributed by atoms with E-state index < -0.39 is 53.9 Å². The number of nitrogens with zero attached hydrogens (tertiary/aromatic N) is 1. The highest BCUT2D eigenvalue weighted by atomic mass is 19.4. The van der Waals surface area contributed by atoms with Crippen molar-refractivity contribution in [2.75, 3.05) is 19.5 Å². The summed E-state index contributed by atoms with van der Waals surface area (Å²) in [5.41, 5.74) is -0.738. The summed E-state index contributed by atoms with van der Waals surface area (Å²) in [6, 6.07) is 2.68. The zero-order valence-corrected chi connectivity index (χ0v) is 17.8. The summed E-state index contributed by atoms with van der Waals surface area (Å²) < 4.78 is 78.2. The van der Waals surface area contributed by atoms with E-state index in [1.165, 1.54) is 13.8 Å². The Morgan fingerprint density at radius 2 is 1.73 bits per heavy atom. The molecule has 0 spiro atoms. The van der Waals surface area contributed by atoms with Gasteiger partial charge < -0.3 is 19.5 Å². The monoisotopic (exact) mass is 478 g/mol. The van der Waals surface area contributed by atoms with Crippen molar-refractivity contribution in [3.8, 4) is 5.75 Å². The first-order chi connectivity index (χ1) is 15.3. The van der Waals surface area contributed by atoms with Crippen molar-refractivity contribution in [3.63, 3.8) is 0 Å². The van der Waals surface area contributed by atoms with E-state index in [9.17, 15) is 36.3 Å². The summed E-state index contributed by atoms with van der Waals surface area (Å²) in [4.78, 5) is 40.6. The number of hydrogen-bond acceptors (Lipinski definition) is 7. The van der Waals surface area contributed by atoms with Gasteiger partial charge >= 0.3 is 30.6 Å². The molecule has 0 saturated carbocycles. The number of esters is 2. The van der Waals surface area contributed by atoms with Crippen LogP contribution in [-0.2, 0) is 23.9 Å². The van der Waals surface area contributed by atoms with Crippen molar-refractivity contribution in [1.29, 1.82) is 0 Å². The van der Waals surface area contributed by atoms with Crippen LogP contribution >= 0.6 is 0 Å². The van der Waals surface area contributed by atoms with Gasteiger partial charge in [0.2, 0.25) is 0 Å². The Kier molecular flexibility index (Phi) is 7.77. The third-order valence-electron chi connectivity index (χ3n) is 4.76. The lowest BCUT2D eigenvalue weighted by molar-refractivity contribution is -0.167. The highest BCUT2D eigenvalue weighted by Gasteiger charge is 2.44. The third-order valence-corrected chi connectivity index (χ3v) is 4.76. The van der Waals surface area contributed by atoms with Crippen LogP contribution in [0.25, 0.3) is 0 Å². The first-order valence-electron chi connectivity index (χ1n) is 9.20. The van der Waals surface area contributed by atoms with Gasteiger partial charge in [0.25, 0.3) is 0 Å². The Morgan fingerprint density at radius 3 is 2.24 bits per heavy atom. The molecule has 0 fully saturated rings. The number of amides is 1. The molecule has 8 nitrogen and oxygen atoms in total. The maximum Gasteiger partial charge on any atom is 0.471 e. The number of ether oxygens (including phenoxy) is 3. The lowest BCUT2D eigenvalue weighted by atomic mass is 9.75. The quantitative estimate of drug-likeness (QED) is 0.495. The number of nitrogens with one attached hydrogen (secondary N) is 1. The maximum atomic E-state index is 13.1. The number of methoxy groups -OCH3 is 2. The summed E-state index contributed by atoms with van der Waals surface area (Å²) in [5.74, 6) is -7.45. The zero-order chi connectivity index (χ0) is 25.1. The fourth-order valence-electron chi connectivity index (χ4n) is 3.46. The van der Waals surface area contributed by atoms with Crippen LogP contribution in [0.4, 0.5) is 27.6 Å². The number of aliphatic imine (C=N–C) groups is 1. The van der Waals surface area contributed by atoms with Crippen LogP contribution in [0.2, 0.25) is 0 Å². The molecule has 0 aromatic heterocycles. The van der Waals surface area contributed by atoms with E-state index in [0.29, 0.717) is 0 Å². The molecule has 2 rings (SSSR count). The highest BCUT2D eigenvalue weighted by Crippen LogP contribution is 2.44.